The van der Waals surface area contributed by atoms with E-state index in [0.717, 1.165) is 5.56 Å². The summed E-state index contributed by atoms with van der Waals surface area (Å²) in [6.07, 6.45) is 0.586. The molecule has 2 N–H and O–H groups in total. The van der Waals surface area contributed by atoms with Crippen LogP contribution in [-0.4, -0.2) is 25.5 Å². The van der Waals surface area contributed by atoms with Crippen LogP contribution in [0.3, 0.4) is 0 Å². The molecule has 0 aromatic heterocycles. The Balaban J connectivity index is 2.20. The van der Waals surface area contributed by atoms with Gasteiger partial charge in [-0.25, -0.2) is 13.1 Å². The van der Waals surface area contributed by atoms with Gasteiger partial charge >= 0.3 is 5.97 Å². The molecule has 0 saturated heterocycles. The summed E-state index contributed by atoms with van der Waals surface area (Å²) < 4.78 is 27.9. The second kappa shape index (κ2) is 8.08. The Labute approximate surface area is 142 Å². The molecule has 0 aliphatic carbocycles. The Morgan fingerprint density at radius 3 is 2.33 bits per heavy atom. The fourth-order valence-electron chi connectivity index (χ4n) is 2.54. The van der Waals surface area contributed by atoms with Gasteiger partial charge in [0.05, 0.1) is 4.90 Å². The van der Waals surface area contributed by atoms with Crippen LogP contribution >= 0.6 is 0 Å². The second-order valence-electron chi connectivity index (χ2n) is 5.71. The van der Waals surface area contributed by atoms with Gasteiger partial charge in [-0.1, -0.05) is 48.5 Å². The van der Waals surface area contributed by atoms with Crippen molar-refractivity contribution in [1.29, 1.82) is 0 Å². The minimum Gasteiger partial charge on any atom is -0.481 e. The number of benzene rings is 2. The maximum absolute atomic E-state index is 12.6. The van der Waals surface area contributed by atoms with Gasteiger partial charge in [0, 0.05) is 12.5 Å². The van der Waals surface area contributed by atoms with E-state index in [1.54, 1.807) is 31.2 Å². The van der Waals surface area contributed by atoms with Crippen LogP contribution in [0, 0.1) is 6.92 Å². The highest BCUT2D eigenvalue weighted by Crippen LogP contribution is 2.17. The summed E-state index contributed by atoms with van der Waals surface area (Å²) in [7, 11) is -3.70. The fourth-order valence-corrected chi connectivity index (χ4v) is 4.06. The number of hydrogen-bond acceptors (Lipinski definition) is 3. The molecule has 1 unspecified atom stereocenters. The first kappa shape index (κ1) is 18.2. The Morgan fingerprint density at radius 1 is 1.08 bits per heavy atom. The summed E-state index contributed by atoms with van der Waals surface area (Å²) in [6.45, 7) is 1.73. The quantitative estimate of drug-likeness (QED) is 0.769. The third kappa shape index (κ3) is 5.18. The number of carboxylic acids is 1. The molecule has 6 heteroatoms. The Bertz CT molecular complexity index is 788. The molecule has 0 spiro atoms. The monoisotopic (exact) mass is 347 g/mol. The molecule has 0 radical (unpaired) electrons. The van der Waals surface area contributed by atoms with Gasteiger partial charge in [-0.15, -0.1) is 0 Å². The molecule has 0 bridgehead atoms. The van der Waals surface area contributed by atoms with Crippen molar-refractivity contribution < 1.29 is 18.3 Å². The van der Waals surface area contributed by atoms with Crippen LogP contribution in [0.2, 0.25) is 0 Å². The molecule has 128 valence electrons. The number of nitrogens with one attached hydrogen (secondary N) is 1. The first-order valence-electron chi connectivity index (χ1n) is 7.72. The number of carboxylic acid groups (broad SMARTS) is 1. The van der Waals surface area contributed by atoms with Crippen molar-refractivity contribution in [1.82, 2.24) is 4.72 Å². The predicted molar refractivity (Wildman–Crippen MR) is 92.3 cm³/mol. The van der Waals surface area contributed by atoms with Gasteiger partial charge < -0.3 is 5.11 Å². The standard InChI is InChI=1S/C18H21NO4S/c1-14-7-5-6-10-17(14)24(22,23)19-16(11-12-18(20)21)13-15-8-3-2-4-9-15/h2-10,16,19H,11-13H2,1H3,(H,20,21). The molecule has 0 saturated carbocycles. The third-order valence-electron chi connectivity index (χ3n) is 3.74. The molecule has 0 heterocycles. The third-order valence-corrected chi connectivity index (χ3v) is 5.42. The molecule has 24 heavy (non-hydrogen) atoms. The minimum absolute atomic E-state index is 0.0895. The average molecular weight is 347 g/mol. The zero-order valence-electron chi connectivity index (χ0n) is 13.5. The van der Waals surface area contributed by atoms with Gasteiger partial charge in [0.15, 0.2) is 0 Å². The van der Waals surface area contributed by atoms with Crippen LogP contribution in [0.25, 0.3) is 0 Å². The largest absolute Gasteiger partial charge is 0.481 e. The van der Waals surface area contributed by atoms with E-state index in [-0.39, 0.29) is 17.7 Å². The van der Waals surface area contributed by atoms with E-state index in [4.69, 9.17) is 5.11 Å². The summed E-state index contributed by atoms with van der Waals surface area (Å²) in [5.41, 5.74) is 1.61. The number of carbonyl (C=O) groups is 1. The van der Waals surface area contributed by atoms with E-state index < -0.39 is 22.0 Å². The molecule has 5 nitrogen and oxygen atoms in total. The number of aliphatic carboxylic acids is 1. The van der Waals surface area contributed by atoms with Gasteiger partial charge in [-0.2, -0.15) is 0 Å². The van der Waals surface area contributed by atoms with E-state index in [0.29, 0.717) is 12.0 Å². The van der Waals surface area contributed by atoms with E-state index in [1.807, 2.05) is 30.3 Å². The maximum Gasteiger partial charge on any atom is 0.303 e. The van der Waals surface area contributed by atoms with Crippen molar-refractivity contribution in [3.63, 3.8) is 0 Å². The van der Waals surface area contributed by atoms with Crippen molar-refractivity contribution >= 4 is 16.0 Å². The summed E-state index contributed by atoms with van der Waals surface area (Å²) in [4.78, 5) is 11.1. The Hall–Kier alpha value is -2.18. The molecule has 2 aromatic rings. The van der Waals surface area contributed by atoms with Gasteiger partial charge in [-0.05, 0) is 37.0 Å². The Kier molecular flexibility index (Phi) is 6.11. The maximum atomic E-state index is 12.6. The second-order valence-corrected chi connectivity index (χ2v) is 7.39. The van der Waals surface area contributed by atoms with Crippen LogP contribution in [0.1, 0.15) is 24.0 Å². The number of sulfonamides is 1. The Morgan fingerprint density at radius 2 is 1.71 bits per heavy atom. The molecule has 0 aliphatic heterocycles. The van der Waals surface area contributed by atoms with Crippen LogP contribution in [0.4, 0.5) is 0 Å². The number of rotatable bonds is 8. The van der Waals surface area contributed by atoms with Gasteiger partial charge in [0.1, 0.15) is 0 Å². The lowest BCUT2D eigenvalue weighted by atomic mass is 10.0. The molecule has 2 rings (SSSR count). The van der Waals surface area contributed by atoms with Crippen LogP contribution in [0.5, 0.6) is 0 Å². The number of aryl methyl sites for hydroxylation is 1. The molecule has 1 atom stereocenters. The van der Waals surface area contributed by atoms with Crippen LogP contribution in [0.15, 0.2) is 59.5 Å². The molecule has 0 amide bonds. The normalized spacial score (nSPS) is 12.7. The summed E-state index contributed by atoms with van der Waals surface area (Å²) in [5.74, 6) is -0.942. The predicted octanol–water partition coefficient (Wildman–Crippen LogP) is 2.75. The van der Waals surface area contributed by atoms with E-state index >= 15 is 0 Å². The van der Waals surface area contributed by atoms with Gasteiger partial charge in [-0.3, -0.25) is 4.79 Å². The molecule has 2 aromatic carbocycles. The highest BCUT2D eigenvalue weighted by atomic mass is 32.2. The lowest BCUT2D eigenvalue weighted by molar-refractivity contribution is -0.137. The van der Waals surface area contributed by atoms with Crippen molar-refractivity contribution in [2.75, 3.05) is 0 Å². The van der Waals surface area contributed by atoms with E-state index in [1.165, 1.54) is 0 Å². The lowest BCUT2D eigenvalue weighted by Gasteiger charge is -2.19. The zero-order chi connectivity index (χ0) is 17.6. The first-order valence-corrected chi connectivity index (χ1v) is 9.20. The van der Waals surface area contributed by atoms with Crippen molar-refractivity contribution in [2.45, 2.75) is 37.1 Å². The van der Waals surface area contributed by atoms with Crippen LogP contribution < -0.4 is 4.72 Å². The highest BCUT2D eigenvalue weighted by Gasteiger charge is 2.22. The highest BCUT2D eigenvalue weighted by molar-refractivity contribution is 7.89. The SMILES string of the molecule is Cc1ccccc1S(=O)(=O)NC(CCC(=O)O)Cc1ccccc1. The summed E-state index contributed by atoms with van der Waals surface area (Å²) >= 11 is 0. The molecular weight excluding hydrogens is 326 g/mol. The molecule has 0 fully saturated rings. The van der Waals surface area contributed by atoms with Crippen LogP contribution in [-0.2, 0) is 21.2 Å². The zero-order valence-corrected chi connectivity index (χ0v) is 14.3. The fraction of sp³-hybridized carbons (Fsp3) is 0.278. The smallest absolute Gasteiger partial charge is 0.303 e. The topological polar surface area (TPSA) is 83.5 Å². The number of hydrogen-bond donors (Lipinski definition) is 2. The van der Waals surface area contributed by atoms with Crippen molar-refractivity contribution in [3.8, 4) is 0 Å². The minimum atomic E-state index is -3.70. The first-order chi connectivity index (χ1) is 11.4. The van der Waals surface area contributed by atoms with Crippen molar-refractivity contribution in [3.05, 3.63) is 65.7 Å². The summed E-state index contributed by atoms with van der Waals surface area (Å²) in [6, 6.07) is 15.7. The van der Waals surface area contributed by atoms with Gasteiger partial charge in [0.25, 0.3) is 0 Å². The molecular formula is C18H21NO4S. The lowest BCUT2D eigenvalue weighted by Crippen LogP contribution is -2.37. The molecule has 0 aliphatic rings. The van der Waals surface area contributed by atoms with E-state index in [2.05, 4.69) is 4.72 Å². The van der Waals surface area contributed by atoms with E-state index in [9.17, 15) is 13.2 Å². The summed E-state index contributed by atoms with van der Waals surface area (Å²) in [5, 5.41) is 8.91. The van der Waals surface area contributed by atoms with Crippen molar-refractivity contribution in [2.24, 2.45) is 0 Å². The van der Waals surface area contributed by atoms with Gasteiger partial charge in [0.2, 0.25) is 10.0 Å². The average Bonchev–Trinajstić information content (AvgIpc) is 2.53.